The van der Waals surface area contributed by atoms with Crippen LogP contribution in [-0.4, -0.2) is 28.7 Å². The molecule has 0 atom stereocenters. The third-order valence-electron chi connectivity index (χ3n) is 3.06. The molecular formula is C16H22N4O2. The largest absolute Gasteiger partial charge is 0.491 e. The van der Waals surface area contributed by atoms with Crippen molar-refractivity contribution in [3.63, 3.8) is 0 Å². The molecular weight excluding hydrogens is 280 g/mol. The summed E-state index contributed by atoms with van der Waals surface area (Å²) in [6.45, 7) is 5.87. The Morgan fingerprint density at radius 1 is 1.41 bits per heavy atom. The molecule has 0 aliphatic carbocycles. The highest BCUT2D eigenvalue weighted by atomic mass is 16.5. The van der Waals surface area contributed by atoms with Gasteiger partial charge in [0.2, 0.25) is 0 Å². The molecule has 2 aromatic rings. The number of urea groups is 1. The first kappa shape index (κ1) is 15.9. The summed E-state index contributed by atoms with van der Waals surface area (Å²) in [5.74, 6) is 0.701. The van der Waals surface area contributed by atoms with Gasteiger partial charge in [-0.3, -0.25) is 0 Å². The molecule has 1 heterocycles. The van der Waals surface area contributed by atoms with Crippen LogP contribution in [0.5, 0.6) is 5.75 Å². The fourth-order valence-corrected chi connectivity index (χ4v) is 1.95. The number of nitrogens with one attached hydrogen (secondary N) is 2. The minimum atomic E-state index is -0.245. The molecule has 0 spiro atoms. The second kappa shape index (κ2) is 8.07. The number of aromatic nitrogens is 2. The van der Waals surface area contributed by atoms with E-state index in [2.05, 4.69) is 15.6 Å². The van der Waals surface area contributed by atoms with Crippen LogP contribution in [0, 0.1) is 6.92 Å². The van der Waals surface area contributed by atoms with Gasteiger partial charge >= 0.3 is 6.03 Å². The lowest BCUT2D eigenvalue weighted by atomic mass is 10.2. The highest BCUT2D eigenvalue weighted by Crippen LogP contribution is 2.25. The van der Waals surface area contributed by atoms with E-state index >= 15 is 0 Å². The fourth-order valence-electron chi connectivity index (χ4n) is 1.95. The quantitative estimate of drug-likeness (QED) is 0.826. The van der Waals surface area contributed by atoms with Gasteiger partial charge in [0, 0.05) is 25.5 Å². The predicted molar refractivity (Wildman–Crippen MR) is 86.2 cm³/mol. The molecule has 0 aliphatic rings. The van der Waals surface area contributed by atoms with E-state index in [1.165, 1.54) is 0 Å². The number of ether oxygens (including phenoxy) is 1. The summed E-state index contributed by atoms with van der Waals surface area (Å²) in [6.07, 6.45) is 6.21. The van der Waals surface area contributed by atoms with Crippen LogP contribution in [0.15, 0.2) is 36.9 Å². The van der Waals surface area contributed by atoms with Crippen molar-refractivity contribution in [2.75, 3.05) is 18.5 Å². The van der Waals surface area contributed by atoms with Crippen LogP contribution in [-0.2, 0) is 6.54 Å². The number of carbonyl (C=O) groups excluding carboxylic acids is 1. The number of benzene rings is 1. The lowest BCUT2D eigenvalue weighted by Crippen LogP contribution is -2.31. The van der Waals surface area contributed by atoms with Crippen molar-refractivity contribution in [3.8, 4) is 5.75 Å². The number of hydrogen-bond acceptors (Lipinski definition) is 3. The van der Waals surface area contributed by atoms with Crippen molar-refractivity contribution < 1.29 is 9.53 Å². The monoisotopic (exact) mass is 302 g/mol. The number of hydrogen-bond donors (Lipinski definition) is 2. The zero-order valence-corrected chi connectivity index (χ0v) is 13.0. The Morgan fingerprint density at radius 3 is 3.00 bits per heavy atom. The zero-order valence-electron chi connectivity index (χ0n) is 13.0. The van der Waals surface area contributed by atoms with Crippen LogP contribution in [0.1, 0.15) is 18.9 Å². The highest BCUT2D eigenvalue weighted by molar-refractivity contribution is 5.90. The van der Waals surface area contributed by atoms with Crippen LogP contribution >= 0.6 is 0 Å². The first-order valence-corrected chi connectivity index (χ1v) is 7.43. The molecule has 118 valence electrons. The van der Waals surface area contributed by atoms with Gasteiger partial charge in [0.05, 0.1) is 18.6 Å². The number of nitrogens with zero attached hydrogens (tertiary/aromatic N) is 2. The molecule has 6 nitrogen and oxygen atoms in total. The van der Waals surface area contributed by atoms with Gasteiger partial charge in [-0.25, -0.2) is 9.78 Å². The van der Waals surface area contributed by atoms with Crippen molar-refractivity contribution in [3.05, 3.63) is 42.5 Å². The van der Waals surface area contributed by atoms with Crippen LogP contribution in [0.4, 0.5) is 10.5 Å². The van der Waals surface area contributed by atoms with Crippen molar-refractivity contribution in [1.29, 1.82) is 0 Å². The topological polar surface area (TPSA) is 68.2 Å². The predicted octanol–water partition coefficient (Wildman–Crippen LogP) is 2.80. The molecule has 0 saturated carbocycles. The van der Waals surface area contributed by atoms with Gasteiger partial charge in [-0.1, -0.05) is 13.0 Å². The van der Waals surface area contributed by atoms with Gasteiger partial charge in [0.1, 0.15) is 5.75 Å². The van der Waals surface area contributed by atoms with E-state index in [0.717, 1.165) is 12.0 Å². The number of imidazole rings is 1. The normalized spacial score (nSPS) is 10.3. The average molecular weight is 302 g/mol. The van der Waals surface area contributed by atoms with Crippen molar-refractivity contribution in [1.82, 2.24) is 14.9 Å². The summed E-state index contributed by atoms with van der Waals surface area (Å²) in [5, 5.41) is 5.64. The first-order valence-electron chi connectivity index (χ1n) is 7.43. The van der Waals surface area contributed by atoms with Gasteiger partial charge in [-0.2, -0.15) is 0 Å². The summed E-state index contributed by atoms with van der Waals surface area (Å²) in [6, 6.07) is 5.48. The SMILES string of the molecule is CCCOc1cc(C)ccc1NC(=O)NCCn1ccnc1. The van der Waals surface area contributed by atoms with Crippen molar-refractivity contribution in [2.24, 2.45) is 0 Å². The number of amides is 2. The summed E-state index contributed by atoms with van der Waals surface area (Å²) in [5.41, 5.74) is 1.77. The van der Waals surface area contributed by atoms with E-state index in [4.69, 9.17) is 4.74 Å². The minimum Gasteiger partial charge on any atom is -0.491 e. The first-order chi connectivity index (χ1) is 10.7. The number of anilines is 1. The molecule has 2 N–H and O–H groups in total. The minimum absolute atomic E-state index is 0.245. The molecule has 0 fully saturated rings. The molecule has 2 amide bonds. The van der Waals surface area contributed by atoms with E-state index in [1.807, 2.05) is 42.8 Å². The molecule has 0 bridgehead atoms. The van der Waals surface area contributed by atoms with E-state index < -0.39 is 0 Å². The van der Waals surface area contributed by atoms with Gasteiger partial charge in [-0.05, 0) is 31.0 Å². The van der Waals surface area contributed by atoms with Crippen molar-refractivity contribution >= 4 is 11.7 Å². The van der Waals surface area contributed by atoms with Crippen LogP contribution in [0.2, 0.25) is 0 Å². The molecule has 0 saturated heterocycles. The van der Waals surface area contributed by atoms with E-state index in [9.17, 15) is 4.79 Å². The Morgan fingerprint density at radius 2 is 2.27 bits per heavy atom. The summed E-state index contributed by atoms with van der Waals surface area (Å²) in [4.78, 5) is 15.9. The number of rotatable bonds is 7. The Kier molecular flexibility index (Phi) is 5.82. The third-order valence-corrected chi connectivity index (χ3v) is 3.06. The van der Waals surface area contributed by atoms with E-state index in [1.54, 1.807) is 12.5 Å². The number of aryl methyl sites for hydroxylation is 1. The van der Waals surface area contributed by atoms with Gasteiger partial charge in [0.15, 0.2) is 0 Å². The molecule has 2 rings (SSSR count). The van der Waals surface area contributed by atoms with Gasteiger partial charge in [-0.15, -0.1) is 0 Å². The van der Waals surface area contributed by atoms with Crippen molar-refractivity contribution in [2.45, 2.75) is 26.8 Å². The Bertz CT molecular complexity index is 596. The molecule has 22 heavy (non-hydrogen) atoms. The Hall–Kier alpha value is -2.50. The maximum Gasteiger partial charge on any atom is 0.319 e. The van der Waals surface area contributed by atoms with Crippen LogP contribution in [0.3, 0.4) is 0 Å². The molecule has 1 aromatic carbocycles. The smallest absolute Gasteiger partial charge is 0.319 e. The molecule has 0 unspecified atom stereocenters. The molecule has 6 heteroatoms. The molecule has 0 radical (unpaired) electrons. The van der Waals surface area contributed by atoms with Gasteiger partial charge in [0.25, 0.3) is 0 Å². The van der Waals surface area contributed by atoms with Crippen LogP contribution < -0.4 is 15.4 Å². The van der Waals surface area contributed by atoms with E-state index in [0.29, 0.717) is 31.1 Å². The molecule has 1 aromatic heterocycles. The maximum atomic E-state index is 11.9. The maximum absolute atomic E-state index is 11.9. The third kappa shape index (κ3) is 4.80. The van der Waals surface area contributed by atoms with Gasteiger partial charge < -0.3 is 19.9 Å². The highest BCUT2D eigenvalue weighted by Gasteiger charge is 2.08. The fraction of sp³-hybridized carbons (Fsp3) is 0.375. The zero-order chi connectivity index (χ0) is 15.8. The van der Waals surface area contributed by atoms with Crippen LogP contribution in [0.25, 0.3) is 0 Å². The average Bonchev–Trinajstić information content (AvgIpc) is 3.01. The summed E-state index contributed by atoms with van der Waals surface area (Å²) < 4.78 is 7.58. The summed E-state index contributed by atoms with van der Waals surface area (Å²) in [7, 11) is 0. The molecule has 0 aliphatic heterocycles. The lowest BCUT2D eigenvalue weighted by molar-refractivity contribution is 0.251. The lowest BCUT2D eigenvalue weighted by Gasteiger charge is -2.13. The second-order valence-corrected chi connectivity index (χ2v) is 5.03. The Labute approximate surface area is 130 Å². The standard InChI is InChI=1S/C16H22N4O2/c1-3-10-22-15-11-13(2)4-5-14(15)19-16(21)18-7-9-20-8-6-17-12-20/h4-6,8,11-12H,3,7,9-10H2,1-2H3,(H2,18,19,21). The number of carbonyl (C=O) groups is 1. The summed E-state index contributed by atoms with van der Waals surface area (Å²) >= 11 is 0. The van der Waals surface area contributed by atoms with E-state index in [-0.39, 0.29) is 6.03 Å². The Balaban J connectivity index is 1.87. The second-order valence-electron chi connectivity index (χ2n) is 5.03.